The number of fused-ring (bicyclic) bond motifs is 1. The molecular weight excluding hydrogens is 244 g/mol. The van der Waals surface area contributed by atoms with Gasteiger partial charge in [-0.25, -0.2) is 4.98 Å². The van der Waals surface area contributed by atoms with E-state index in [2.05, 4.69) is 23.7 Å². The van der Waals surface area contributed by atoms with Gasteiger partial charge in [-0.1, -0.05) is 13.8 Å². The summed E-state index contributed by atoms with van der Waals surface area (Å²) in [6, 6.07) is 0.676. The third-order valence-corrected chi connectivity index (χ3v) is 4.71. The van der Waals surface area contributed by atoms with Crippen LogP contribution >= 0.6 is 11.3 Å². The Balaban J connectivity index is 1.88. The van der Waals surface area contributed by atoms with Crippen molar-refractivity contribution in [3.05, 3.63) is 10.6 Å². The Morgan fingerprint density at radius 1 is 1.39 bits per heavy atom. The van der Waals surface area contributed by atoms with Crippen LogP contribution in [0, 0.1) is 5.92 Å². The van der Waals surface area contributed by atoms with Gasteiger partial charge < -0.3 is 4.90 Å². The Morgan fingerprint density at radius 2 is 2.17 bits per heavy atom. The fourth-order valence-corrected chi connectivity index (χ4v) is 3.74. The fourth-order valence-electron chi connectivity index (χ4n) is 2.54. The zero-order valence-corrected chi connectivity index (χ0v) is 11.9. The number of aryl methyl sites for hydroxylation is 1. The van der Waals surface area contributed by atoms with Crippen molar-refractivity contribution in [2.45, 2.75) is 52.0 Å². The minimum Gasteiger partial charge on any atom is -0.345 e. The normalized spacial score (nSPS) is 19.2. The SMILES string of the molecule is CC(C)CN(c1nc2c(s1)CCCC2=O)C1CC1. The van der Waals surface area contributed by atoms with E-state index in [9.17, 15) is 4.79 Å². The van der Waals surface area contributed by atoms with Crippen LogP contribution in [-0.4, -0.2) is 23.4 Å². The lowest BCUT2D eigenvalue weighted by Crippen LogP contribution is -2.29. The van der Waals surface area contributed by atoms with Crippen LogP contribution in [0.15, 0.2) is 0 Å². The van der Waals surface area contributed by atoms with Gasteiger partial charge in [0.25, 0.3) is 0 Å². The molecule has 0 bridgehead atoms. The van der Waals surface area contributed by atoms with E-state index in [4.69, 9.17) is 0 Å². The molecule has 0 unspecified atom stereocenters. The molecule has 98 valence electrons. The Morgan fingerprint density at radius 3 is 2.78 bits per heavy atom. The van der Waals surface area contributed by atoms with Crippen molar-refractivity contribution in [1.82, 2.24) is 4.98 Å². The van der Waals surface area contributed by atoms with Gasteiger partial charge in [-0.3, -0.25) is 4.79 Å². The maximum Gasteiger partial charge on any atom is 0.186 e. The highest BCUT2D eigenvalue weighted by atomic mass is 32.1. The molecule has 0 saturated heterocycles. The Bertz CT molecular complexity index is 462. The number of thiazole rings is 1. The number of nitrogens with zero attached hydrogens (tertiary/aromatic N) is 2. The quantitative estimate of drug-likeness (QED) is 0.836. The number of hydrogen-bond donors (Lipinski definition) is 0. The molecule has 1 heterocycles. The Hall–Kier alpha value is -0.900. The van der Waals surface area contributed by atoms with Crippen molar-refractivity contribution < 1.29 is 4.79 Å². The van der Waals surface area contributed by atoms with Crippen molar-refractivity contribution >= 4 is 22.3 Å². The minimum atomic E-state index is 0.249. The Kier molecular flexibility index (Phi) is 3.14. The van der Waals surface area contributed by atoms with Gasteiger partial charge in [-0.15, -0.1) is 11.3 Å². The first-order valence-corrected chi connectivity index (χ1v) is 7.76. The van der Waals surface area contributed by atoms with Crippen molar-refractivity contribution in [1.29, 1.82) is 0 Å². The molecule has 0 radical (unpaired) electrons. The number of rotatable bonds is 4. The average Bonchev–Trinajstić information content (AvgIpc) is 3.05. The van der Waals surface area contributed by atoms with E-state index in [1.807, 2.05) is 0 Å². The van der Waals surface area contributed by atoms with Crippen molar-refractivity contribution in [3.63, 3.8) is 0 Å². The van der Waals surface area contributed by atoms with Crippen LogP contribution in [0.3, 0.4) is 0 Å². The van der Waals surface area contributed by atoms with E-state index in [1.54, 1.807) is 11.3 Å². The molecule has 3 nitrogen and oxygen atoms in total. The molecule has 2 aliphatic carbocycles. The van der Waals surface area contributed by atoms with Crippen LogP contribution in [0.25, 0.3) is 0 Å². The number of aromatic nitrogens is 1. The summed E-state index contributed by atoms with van der Waals surface area (Å²) in [6.07, 6.45) is 5.29. The predicted molar refractivity (Wildman–Crippen MR) is 74.6 cm³/mol. The number of hydrogen-bond acceptors (Lipinski definition) is 4. The summed E-state index contributed by atoms with van der Waals surface area (Å²) in [5, 5.41) is 1.09. The van der Waals surface area contributed by atoms with Gasteiger partial charge in [-0.2, -0.15) is 0 Å². The van der Waals surface area contributed by atoms with Gasteiger partial charge in [0.15, 0.2) is 10.9 Å². The molecule has 1 fully saturated rings. The summed E-state index contributed by atoms with van der Waals surface area (Å²) in [7, 11) is 0. The summed E-state index contributed by atoms with van der Waals surface area (Å²) < 4.78 is 0. The fraction of sp³-hybridized carbons (Fsp3) is 0.714. The van der Waals surface area contributed by atoms with E-state index < -0.39 is 0 Å². The summed E-state index contributed by atoms with van der Waals surface area (Å²) in [4.78, 5) is 20.1. The monoisotopic (exact) mass is 264 g/mol. The highest BCUT2D eigenvalue weighted by molar-refractivity contribution is 7.16. The molecule has 1 aromatic heterocycles. The Labute approximate surface area is 112 Å². The zero-order chi connectivity index (χ0) is 12.7. The second-order valence-corrected chi connectivity index (χ2v) is 6.88. The second kappa shape index (κ2) is 4.65. The lowest BCUT2D eigenvalue weighted by atomic mass is 10.0. The summed E-state index contributed by atoms with van der Waals surface area (Å²) in [5.74, 6) is 0.890. The molecule has 4 heteroatoms. The number of anilines is 1. The lowest BCUT2D eigenvalue weighted by Gasteiger charge is -2.23. The topological polar surface area (TPSA) is 33.2 Å². The molecule has 3 rings (SSSR count). The van der Waals surface area contributed by atoms with Crippen molar-refractivity contribution in [2.24, 2.45) is 5.92 Å². The van der Waals surface area contributed by atoms with Gasteiger partial charge in [0.2, 0.25) is 0 Å². The molecule has 0 N–H and O–H groups in total. The molecule has 0 amide bonds. The minimum absolute atomic E-state index is 0.249. The average molecular weight is 264 g/mol. The highest BCUT2D eigenvalue weighted by Gasteiger charge is 2.33. The molecule has 0 aromatic carbocycles. The van der Waals surface area contributed by atoms with E-state index >= 15 is 0 Å². The molecule has 1 aromatic rings. The van der Waals surface area contributed by atoms with Crippen LogP contribution < -0.4 is 4.90 Å². The second-order valence-electron chi connectivity index (χ2n) is 5.82. The third kappa shape index (κ3) is 2.30. The summed E-state index contributed by atoms with van der Waals surface area (Å²) in [5.41, 5.74) is 0.774. The lowest BCUT2D eigenvalue weighted by molar-refractivity contribution is 0.0968. The molecule has 0 spiro atoms. The third-order valence-electron chi connectivity index (χ3n) is 3.55. The number of Topliss-reactive ketones (excluding diaryl/α,β-unsaturated/α-hetero) is 1. The first kappa shape index (κ1) is 12.2. The largest absolute Gasteiger partial charge is 0.345 e. The van der Waals surface area contributed by atoms with Gasteiger partial charge in [0.1, 0.15) is 5.69 Å². The van der Waals surface area contributed by atoms with E-state index in [0.29, 0.717) is 18.4 Å². The summed E-state index contributed by atoms with van der Waals surface area (Å²) >= 11 is 1.75. The van der Waals surface area contributed by atoms with Crippen LogP contribution in [0.1, 0.15) is 54.9 Å². The van der Waals surface area contributed by atoms with Gasteiger partial charge in [-0.05, 0) is 31.6 Å². The summed E-state index contributed by atoms with van der Waals surface area (Å²) in [6.45, 7) is 5.55. The molecule has 2 aliphatic rings. The smallest absolute Gasteiger partial charge is 0.186 e. The number of carbonyl (C=O) groups excluding carboxylic acids is 1. The zero-order valence-electron chi connectivity index (χ0n) is 11.1. The van der Waals surface area contributed by atoms with Gasteiger partial charge in [0, 0.05) is 23.9 Å². The van der Waals surface area contributed by atoms with Crippen LogP contribution in [-0.2, 0) is 6.42 Å². The highest BCUT2D eigenvalue weighted by Crippen LogP contribution is 2.37. The number of carbonyl (C=O) groups is 1. The molecule has 0 atom stereocenters. The van der Waals surface area contributed by atoms with Crippen LogP contribution in [0.5, 0.6) is 0 Å². The first-order valence-electron chi connectivity index (χ1n) is 6.94. The van der Waals surface area contributed by atoms with Gasteiger partial charge >= 0.3 is 0 Å². The van der Waals surface area contributed by atoms with Crippen molar-refractivity contribution in [3.8, 4) is 0 Å². The maximum atomic E-state index is 11.9. The van der Waals surface area contributed by atoms with Crippen LogP contribution in [0.2, 0.25) is 0 Å². The van der Waals surface area contributed by atoms with Crippen molar-refractivity contribution in [2.75, 3.05) is 11.4 Å². The van der Waals surface area contributed by atoms with E-state index in [-0.39, 0.29) is 5.78 Å². The van der Waals surface area contributed by atoms with E-state index in [0.717, 1.165) is 30.2 Å². The predicted octanol–water partition coefficient (Wildman–Crippen LogP) is 3.29. The van der Waals surface area contributed by atoms with Crippen LogP contribution in [0.4, 0.5) is 5.13 Å². The molecule has 1 saturated carbocycles. The first-order chi connectivity index (χ1) is 8.65. The molecule has 18 heavy (non-hydrogen) atoms. The molecule has 0 aliphatic heterocycles. The van der Waals surface area contributed by atoms with Gasteiger partial charge in [0.05, 0.1) is 0 Å². The van der Waals surface area contributed by atoms with E-state index in [1.165, 1.54) is 17.7 Å². The standard InChI is InChI=1S/C14H20N2OS/c1-9(2)8-16(10-6-7-10)14-15-13-11(17)4-3-5-12(13)18-14/h9-10H,3-8H2,1-2H3. The number of ketones is 1. The molecular formula is C14H20N2OS. The maximum absolute atomic E-state index is 11.9.